The average molecular weight is 366 g/mol. The summed E-state index contributed by atoms with van der Waals surface area (Å²) in [5.41, 5.74) is 2.36. The van der Waals surface area contributed by atoms with Crippen molar-refractivity contribution in [2.24, 2.45) is 0 Å². The molecule has 0 N–H and O–H groups in total. The topological polar surface area (TPSA) is 53.5 Å². The van der Waals surface area contributed by atoms with Gasteiger partial charge in [-0.2, -0.15) is 0 Å². The molecule has 0 radical (unpaired) electrons. The van der Waals surface area contributed by atoms with E-state index in [-0.39, 0.29) is 0 Å². The summed E-state index contributed by atoms with van der Waals surface area (Å²) in [4.78, 5) is 7.04. The number of hydrogen-bond donors (Lipinski definition) is 0. The molecule has 1 aromatic carbocycles. The molecule has 1 aromatic heterocycles. The van der Waals surface area contributed by atoms with Gasteiger partial charge in [-0.3, -0.25) is 4.90 Å². The molecule has 7 heteroatoms. The molecule has 0 amide bonds. The van der Waals surface area contributed by atoms with Crippen molar-refractivity contribution in [3.63, 3.8) is 0 Å². The van der Waals surface area contributed by atoms with Gasteiger partial charge in [-0.1, -0.05) is 30.3 Å². The van der Waals surface area contributed by atoms with Crippen LogP contribution in [0.3, 0.4) is 0 Å². The highest BCUT2D eigenvalue weighted by atomic mass is 32.2. The second kappa shape index (κ2) is 7.74. The molecule has 2 heterocycles. The minimum Gasteiger partial charge on any atom is -0.296 e. The zero-order chi connectivity index (χ0) is 17.0. The van der Waals surface area contributed by atoms with Gasteiger partial charge in [0.05, 0.1) is 17.0 Å². The van der Waals surface area contributed by atoms with E-state index in [0.29, 0.717) is 13.1 Å². The fourth-order valence-corrected chi connectivity index (χ4v) is 4.63. The lowest BCUT2D eigenvalue weighted by atomic mass is 10.2. The van der Waals surface area contributed by atoms with E-state index in [9.17, 15) is 8.42 Å². The standard InChI is InChI=1S/C17H23N3O2S2/c1-24(21,22)20-9-5-8-19(10-11-20)13-16-14-23-17(18-16)12-15-6-3-2-4-7-15/h2-4,6-7,14H,5,8-13H2,1H3. The quantitative estimate of drug-likeness (QED) is 0.815. The van der Waals surface area contributed by atoms with Gasteiger partial charge in [-0.05, 0) is 18.5 Å². The molecule has 1 aliphatic heterocycles. The Kier molecular flexibility index (Phi) is 5.65. The molecule has 2 aromatic rings. The third-order valence-corrected chi connectivity index (χ3v) is 6.40. The summed E-state index contributed by atoms with van der Waals surface area (Å²) in [5, 5.41) is 3.25. The summed E-state index contributed by atoms with van der Waals surface area (Å²) in [6, 6.07) is 10.4. The second-order valence-corrected chi connectivity index (χ2v) is 9.11. The van der Waals surface area contributed by atoms with Crippen LogP contribution >= 0.6 is 11.3 Å². The Balaban J connectivity index is 1.57. The number of hydrogen-bond acceptors (Lipinski definition) is 5. The van der Waals surface area contributed by atoms with E-state index in [0.717, 1.165) is 43.2 Å². The molecular formula is C17H23N3O2S2. The van der Waals surface area contributed by atoms with Crippen molar-refractivity contribution in [3.05, 3.63) is 52.0 Å². The van der Waals surface area contributed by atoms with Gasteiger partial charge in [0.15, 0.2) is 0 Å². The van der Waals surface area contributed by atoms with Crippen LogP contribution in [0.2, 0.25) is 0 Å². The molecule has 3 rings (SSSR count). The molecule has 0 atom stereocenters. The number of sulfonamides is 1. The summed E-state index contributed by atoms with van der Waals surface area (Å²) in [6.07, 6.45) is 3.03. The summed E-state index contributed by atoms with van der Waals surface area (Å²) >= 11 is 1.70. The number of benzene rings is 1. The Morgan fingerprint density at radius 3 is 2.67 bits per heavy atom. The molecular weight excluding hydrogens is 342 g/mol. The highest BCUT2D eigenvalue weighted by Gasteiger charge is 2.21. The highest BCUT2D eigenvalue weighted by molar-refractivity contribution is 7.88. The monoisotopic (exact) mass is 365 g/mol. The molecule has 24 heavy (non-hydrogen) atoms. The molecule has 0 bridgehead atoms. The Bertz CT molecular complexity index is 759. The van der Waals surface area contributed by atoms with Gasteiger partial charge < -0.3 is 0 Å². The van der Waals surface area contributed by atoms with E-state index < -0.39 is 10.0 Å². The molecule has 0 unspecified atom stereocenters. The highest BCUT2D eigenvalue weighted by Crippen LogP contribution is 2.17. The zero-order valence-corrected chi connectivity index (χ0v) is 15.5. The lowest BCUT2D eigenvalue weighted by Crippen LogP contribution is -2.34. The van der Waals surface area contributed by atoms with Gasteiger partial charge in [0.1, 0.15) is 0 Å². The van der Waals surface area contributed by atoms with E-state index in [4.69, 9.17) is 4.98 Å². The van der Waals surface area contributed by atoms with E-state index >= 15 is 0 Å². The fraction of sp³-hybridized carbons (Fsp3) is 0.471. The maximum Gasteiger partial charge on any atom is 0.211 e. The average Bonchev–Trinajstić information content (AvgIpc) is 2.82. The normalized spacial score (nSPS) is 17.7. The smallest absolute Gasteiger partial charge is 0.211 e. The van der Waals surface area contributed by atoms with Gasteiger partial charge >= 0.3 is 0 Å². The molecule has 0 aliphatic carbocycles. The summed E-state index contributed by atoms with van der Waals surface area (Å²) in [5.74, 6) is 0. The Labute approximate surface area is 148 Å². The van der Waals surface area contributed by atoms with Crippen molar-refractivity contribution < 1.29 is 8.42 Å². The van der Waals surface area contributed by atoms with Crippen molar-refractivity contribution >= 4 is 21.4 Å². The van der Waals surface area contributed by atoms with Crippen molar-refractivity contribution in [2.75, 3.05) is 32.4 Å². The predicted octanol–water partition coefficient (Wildman–Crippen LogP) is 2.20. The van der Waals surface area contributed by atoms with Gasteiger partial charge in [0.2, 0.25) is 10.0 Å². The first-order chi connectivity index (χ1) is 11.5. The van der Waals surface area contributed by atoms with Gasteiger partial charge in [0.25, 0.3) is 0 Å². The fourth-order valence-electron chi connectivity index (χ4n) is 2.94. The lowest BCUT2D eigenvalue weighted by molar-refractivity contribution is 0.276. The largest absolute Gasteiger partial charge is 0.296 e. The molecule has 1 fully saturated rings. The van der Waals surface area contributed by atoms with Crippen LogP contribution in [0.4, 0.5) is 0 Å². The van der Waals surface area contributed by atoms with Crippen LogP contribution in [-0.4, -0.2) is 55.0 Å². The minimum atomic E-state index is -3.08. The van der Waals surface area contributed by atoms with Crippen molar-refractivity contribution in [2.45, 2.75) is 19.4 Å². The molecule has 1 saturated heterocycles. The van der Waals surface area contributed by atoms with E-state index in [1.54, 1.807) is 15.6 Å². The molecule has 0 saturated carbocycles. The van der Waals surface area contributed by atoms with Crippen LogP contribution in [0.1, 0.15) is 22.7 Å². The minimum absolute atomic E-state index is 0.569. The Hall–Kier alpha value is -1.28. The van der Waals surface area contributed by atoms with Crippen LogP contribution in [0.25, 0.3) is 0 Å². The molecule has 130 valence electrons. The summed E-state index contributed by atoms with van der Waals surface area (Å²) in [7, 11) is -3.08. The number of rotatable bonds is 5. The van der Waals surface area contributed by atoms with Crippen LogP contribution in [0, 0.1) is 0 Å². The van der Waals surface area contributed by atoms with Crippen LogP contribution in [0.15, 0.2) is 35.7 Å². The molecule has 5 nitrogen and oxygen atoms in total. The third-order valence-electron chi connectivity index (χ3n) is 4.20. The first-order valence-electron chi connectivity index (χ1n) is 8.15. The maximum absolute atomic E-state index is 11.7. The first-order valence-corrected chi connectivity index (χ1v) is 10.9. The Morgan fingerprint density at radius 1 is 1.12 bits per heavy atom. The summed E-state index contributed by atoms with van der Waals surface area (Å²) in [6.45, 7) is 3.66. The SMILES string of the molecule is CS(=O)(=O)N1CCCN(Cc2csc(Cc3ccccc3)n2)CC1. The third kappa shape index (κ3) is 4.86. The second-order valence-electron chi connectivity index (χ2n) is 6.19. The van der Waals surface area contributed by atoms with E-state index in [1.165, 1.54) is 11.8 Å². The van der Waals surface area contributed by atoms with Crippen LogP contribution in [0.5, 0.6) is 0 Å². The number of aromatic nitrogens is 1. The number of thiazole rings is 1. The van der Waals surface area contributed by atoms with Crippen molar-refractivity contribution in [3.8, 4) is 0 Å². The van der Waals surface area contributed by atoms with Gasteiger partial charge in [-0.25, -0.2) is 17.7 Å². The first kappa shape index (κ1) is 17.5. The molecule has 1 aliphatic rings. The predicted molar refractivity (Wildman–Crippen MR) is 97.7 cm³/mol. The summed E-state index contributed by atoms with van der Waals surface area (Å²) < 4.78 is 24.9. The number of nitrogens with zero attached hydrogens (tertiary/aromatic N) is 3. The van der Waals surface area contributed by atoms with Crippen LogP contribution in [-0.2, 0) is 23.0 Å². The lowest BCUT2D eigenvalue weighted by Gasteiger charge is -2.19. The van der Waals surface area contributed by atoms with Crippen molar-refractivity contribution in [1.82, 2.24) is 14.2 Å². The zero-order valence-electron chi connectivity index (χ0n) is 13.9. The van der Waals surface area contributed by atoms with E-state index in [2.05, 4.69) is 34.5 Å². The van der Waals surface area contributed by atoms with Crippen LogP contribution < -0.4 is 0 Å². The van der Waals surface area contributed by atoms with Gasteiger partial charge in [0, 0.05) is 38.0 Å². The molecule has 0 spiro atoms. The van der Waals surface area contributed by atoms with E-state index in [1.807, 2.05) is 6.07 Å². The van der Waals surface area contributed by atoms with Crippen molar-refractivity contribution in [1.29, 1.82) is 0 Å². The maximum atomic E-state index is 11.7. The van der Waals surface area contributed by atoms with Gasteiger partial charge in [-0.15, -0.1) is 11.3 Å². The Morgan fingerprint density at radius 2 is 1.92 bits per heavy atom.